The van der Waals surface area contributed by atoms with Crippen molar-refractivity contribution in [3.8, 4) is 0 Å². The predicted molar refractivity (Wildman–Crippen MR) is 74.9 cm³/mol. The van der Waals surface area contributed by atoms with Gasteiger partial charge in [-0.3, -0.25) is 9.59 Å². The van der Waals surface area contributed by atoms with Crippen molar-refractivity contribution < 1.29 is 9.59 Å². The van der Waals surface area contributed by atoms with E-state index in [-0.39, 0.29) is 5.91 Å². The van der Waals surface area contributed by atoms with Gasteiger partial charge in [-0.2, -0.15) is 0 Å². The molecule has 0 aliphatic carbocycles. The van der Waals surface area contributed by atoms with E-state index in [1.807, 2.05) is 0 Å². The standard InChI is InChI=1S/C13H10BrN3O2/c14-9-3-6-11(16-7-9)13(19)17-10-4-1-8(2-5-10)12(15)18/h1-7H,(H2,15,18)(H,17,19). The molecule has 0 spiro atoms. The Morgan fingerprint density at radius 3 is 2.32 bits per heavy atom. The summed E-state index contributed by atoms with van der Waals surface area (Å²) in [6, 6.07) is 9.66. The first kappa shape index (κ1) is 13.2. The van der Waals surface area contributed by atoms with Crippen molar-refractivity contribution in [2.45, 2.75) is 0 Å². The average Bonchev–Trinajstić information content (AvgIpc) is 2.40. The SMILES string of the molecule is NC(=O)c1ccc(NC(=O)c2ccc(Br)cn2)cc1. The van der Waals surface area contributed by atoms with Crippen LogP contribution >= 0.6 is 15.9 Å². The van der Waals surface area contributed by atoms with Crippen molar-refractivity contribution in [3.05, 3.63) is 58.3 Å². The summed E-state index contributed by atoms with van der Waals surface area (Å²) in [4.78, 5) is 26.8. The van der Waals surface area contributed by atoms with Gasteiger partial charge in [0.15, 0.2) is 0 Å². The Morgan fingerprint density at radius 1 is 1.11 bits per heavy atom. The number of aromatic nitrogens is 1. The summed E-state index contributed by atoms with van der Waals surface area (Å²) in [7, 11) is 0. The number of benzene rings is 1. The van der Waals surface area contributed by atoms with Crippen LogP contribution in [0.4, 0.5) is 5.69 Å². The lowest BCUT2D eigenvalue weighted by Crippen LogP contribution is -2.14. The van der Waals surface area contributed by atoms with Crippen LogP contribution < -0.4 is 11.1 Å². The number of nitrogens with zero attached hydrogens (tertiary/aromatic N) is 1. The van der Waals surface area contributed by atoms with Gasteiger partial charge in [0.2, 0.25) is 5.91 Å². The van der Waals surface area contributed by atoms with Crippen LogP contribution in [-0.2, 0) is 0 Å². The molecule has 2 rings (SSSR count). The van der Waals surface area contributed by atoms with Gasteiger partial charge in [-0.15, -0.1) is 0 Å². The molecule has 0 saturated carbocycles. The van der Waals surface area contributed by atoms with Crippen LogP contribution in [-0.4, -0.2) is 16.8 Å². The molecule has 2 aromatic rings. The molecule has 0 unspecified atom stereocenters. The number of carbonyl (C=O) groups is 2. The number of nitrogens with one attached hydrogen (secondary N) is 1. The Morgan fingerprint density at radius 2 is 1.79 bits per heavy atom. The molecule has 0 atom stereocenters. The fraction of sp³-hybridized carbons (Fsp3) is 0. The molecule has 2 amide bonds. The number of hydrogen-bond donors (Lipinski definition) is 2. The van der Waals surface area contributed by atoms with Gasteiger partial charge >= 0.3 is 0 Å². The first-order valence-corrected chi connectivity index (χ1v) is 6.18. The highest BCUT2D eigenvalue weighted by molar-refractivity contribution is 9.10. The van der Waals surface area contributed by atoms with E-state index in [0.29, 0.717) is 16.9 Å². The zero-order chi connectivity index (χ0) is 13.8. The van der Waals surface area contributed by atoms with Crippen molar-refractivity contribution in [1.82, 2.24) is 4.98 Å². The normalized spacial score (nSPS) is 9.95. The molecule has 0 radical (unpaired) electrons. The summed E-state index contributed by atoms with van der Waals surface area (Å²) in [5.41, 5.74) is 6.40. The van der Waals surface area contributed by atoms with E-state index in [4.69, 9.17) is 5.73 Å². The van der Waals surface area contributed by atoms with Crippen LogP contribution in [0.5, 0.6) is 0 Å². The Balaban J connectivity index is 2.10. The Hall–Kier alpha value is -2.21. The van der Waals surface area contributed by atoms with Crippen LogP contribution in [0.2, 0.25) is 0 Å². The lowest BCUT2D eigenvalue weighted by Gasteiger charge is -2.05. The van der Waals surface area contributed by atoms with Crippen molar-refractivity contribution in [1.29, 1.82) is 0 Å². The summed E-state index contributed by atoms with van der Waals surface area (Å²) in [5.74, 6) is -0.827. The summed E-state index contributed by atoms with van der Waals surface area (Å²) >= 11 is 3.24. The molecule has 96 valence electrons. The molecule has 6 heteroatoms. The van der Waals surface area contributed by atoms with Gasteiger partial charge in [0.25, 0.3) is 5.91 Å². The van der Waals surface area contributed by atoms with E-state index in [2.05, 4.69) is 26.2 Å². The molecule has 0 aliphatic heterocycles. The minimum Gasteiger partial charge on any atom is -0.366 e. The van der Waals surface area contributed by atoms with E-state index >= 15 is 0 Å². The molecule has 19 heavy (non-hydrogen) atoms. The monoisotopic (exact) mass is 319 g/mol. The van der Waals surface area contributed by atoms with Crippen LogP contribution in [0.1, 0.15) is 20.8 Å². The first-order valence-electron chi connectivity index (χ1n) is 5.39. The zero-order valence-electron chi connectivity index (χ0n) is 9.76. The highest BCUT2D eigenvalue weighted by Crippen LogP contribution is 2.12. The van der Waals surface area contributed by atoms with Crippen LogP contribution in [0.15, 0.2) is 47.1 Å². The highest BCUT2D eigenvalue weighted by Gasteiger charge is 2.07. The Kier molecular flexibility index (Phi) is 3.91. The van der Waals surface area contributed by atoms with Crippen molar-refractivity contribution in [2.24, 2.45) is 5.73 Å². The predicted octanol–water partition coefficient (Wildman–Crippen LogP) is 2.20. The fourth-order valence-corrected chi connectivity index (χ4v) is 1.66. The van der Waals surface area contributed by atoms with Gasteiger partial charge in [-0.1, -0.05) is 0 Å². The minimum absolute atomic E-state index is 0.308. The van der Waals surface area contributed by atoms with Crippen LogP contribution in [0.3, 0.4) is 0 Å². The second-order valence-electron chi connectivity index (χ2n) is 3.76. The molecule has 0 aliphatic rings. The molecule has 0 fully saturated rings. The maximum absolute atomic E-state index is 11.9. The lowest BCUT2D eigenvalue weighted by molar-refractivity contribution is 0.0998. The summed E-state index contributed by atoms with van der Waals surface area (Å²) < 4.78 is 0.801. The van der Waals surface area contributed by atoms with Gasteiger partial charge in [0.05, 0.1) is 0 Å². The second kappa shape index (κ2) is 5.62. The van der Waals surface area contributed by atoms with Gasteiger partial charge in [0, 0.05) is 21.9 Å². The number of primary amides is 1. The summed E-state index contributed by atoms with van der Waals surface area (Å²) in [6.45, 7) is 0. The summed E-state index contributed by atoms with van der Waals surface area (Å²) in [5, 5.41) is 2.67. The third-order valence-corrected chi connectivity index (χ3v) is 2.86. The zero-order valence-corrected chi connectivity index (χ0v) is 11.3. The number of pyridine rings is 1. The number of hydrogen-bond acceptors (Lipinski definition) is 3. The van der Waals surface area contributed by atoms with E-state index in [1.165, 1.54) is 0 Å². The summed E-state index contributed by atoms with van der Waals surface area (Å²) in [6.07, 6.45) is 1.55. The fourth-order valence-electron chi connectivity index (χ4n) is 1.42. The highest BCUT2D eigenvalue weighted by atomic mass is 79.9. The second-order valence-corrected chi connectivity index (χ2v) is 4.67. The van der Waals surface area contributed by atoms with E-state index < -0.39 is 5.91 Å². The van der Waals surface area contributed by atoms with Crippen molar-refractivity contribution in [3.63, 3.8) is 0 Å². The maximum Gasteiger partial charge on any atom is 0.274 e. The molecule has 5 nitrogen and oxygen atoms in total. The molecule has 1 aromatic carbocycles. The molecule has 0 bridgehead atoms. The van der Waals surface area contributed by atoms with Gasteiger partial charge < -0.3 is 11.1 Å². The van der Waals surface area contributed by atoms with Crippen LogP contribution in [0.25, 0.3) is 0 Å². The van der Waals surface area contributed by atoms with Gasteiger partial charge in [-0.05, 0) is 52.3 Å². The Bertz CT molecular complexity index is 609. The van der Waals surface area contributed by atoms with Gasteiger partial charge in [0.1, 0.15) is 5.69 Å². The maximum atomic E-state index is 11.9. The smallest absolute Gasteiger partial charge is 0.274 e. The van der Waals surface area contributed by atoms with Crippen molar-refractivity contribution in [2.75, 3.05) is 5.32 Å². The van der Waals surface area contributed by atoms with E-state index in [9.17, 15) is 9.59 Å². The largest absolute Gasteiger partial charge is 0.366 e. The molecule has 0 saturated heterocycles. The average molecular weight is 320 g/mol. The Labute approximate surface area is 118 Å². The van der Waals surface area contributed by atoms with Gasteiger partial charge in [-0.25, -0.2) is 4.98 Å². The number of amides is 2. The number of rotatable bonds is 3. The first-order chi connectivity index (χ1) is 9.06. The van der Waals surface area contributed by atoms with Crippen molar-refractivity contribution >= 4 is 33.4 Å². The topological polar surface area (TPSA) is 85.1 Å². The number of nitrogens with two attached hydrogens (primary N) is 1. The third-order valence-electron chi connectivity index (χ3n) is 2.39. The van der Waals surface area contributed by atoms with E-state index in [0.717, 1.165) is 4.47 Å². The number of carbonyl (C=O) groups excluding carboxylic acids is 2. The number of anilines is 1. The molecule has 1 aromatic heterocycles. The molecule has 1 heterocycles. The number of halogens is 1. The molecular weight excluding hydrogens is 310 g/mol. The molecular formula is C13H10BrN3O2. The quantitative estimate of drug-likeness (QED) is 0.909. The molecule has 3 N–H and O–H groups in total. The minimum atomic E-state index is -0.507. The lowest BCUT2D eigenvalue weighted by atomic mass is 10.2. The third kappa shape index (κ3) is 3.38. The van der Waals surface area contributed by atoms with Crippen LogP contribution in [0, 0.1) is 0 Å². The van der Waals surface area contributed by atoms with E-state index in [1.54, 1.807) is 42.6 Å².